The van der Waals surface area contributed by atoms with E-state index in [1.165, 1.54) is 22.3 Å². The smallest absolute Gasteiger partial charge is 0.341 e. The second-order valence-electron chi connectivity index (χ2n) is 13.3. The zero-order valence-electron chi connectivity index (χ0n) is 27.6. The van der Waals surface area contributed by atoms with E-state index in [0.717, 1.165) is 19.5 Å². The summed E-state index contributed by atoms with van der Waals surface area (Å²) < 4.78 is 14.1. The number of hydrogen-bond acceptors (Lipinski definition) is 5. The fourth-order valence-corrected chi connectivity index (χ4v) is 7.42. The number of rotatable bonds is 10. The SMILES string of the molecule is CCOC(=O)c1cnn(CC=C2CN(C(c3ccccc3)(c3ccccc3)c3ccccc3)CCC2O[Si](C)(C)C(C)(C)C)c1. The number of piperidine rings is 1. The summed E-state index contributed by atoms with van der Waals surface area (Å²) in [5.41, 5.74) is 4.90. The number of nitrogens with zero attached hydrogens (tertiary/aromatic N) is 3. The van der Waals surface area contributed by atoms with Crippen LogP contribution in [0, 0.1) is 0 Å². The van der Waals surface area contributed by atoms with E-state index in [0.29, 0.717) is 18.7 Å². The fourth-order valence-electron chi connectivity index (χ4n) is 6.09. The Morgan fingerprint density at radius 2 is 1.44 bits per heavy atom. The van der Waals surface area contributed by atoms with E-state index in [9.17, 15) is 4.79 Å². The highest BCUT2D eigenvalue weighted by Crippen LogP contribution is 2.45. The van der Waals surface area contributed by atoms with Gasteiger partial charge in [-0.15, -0.1) is 0 Å². The average molecular weight is 622 g/mol. The van der Waals surface area contributed by atoms with Crippen LogP contribution >= 0.6 is 0 Å². The topological polar surface area (TPSA) is 56.6 Å². The van der Waals surface area contributed by atoms with Crippen molar-refractivity contribution in [2.45, 2.75) is 70.4 Å². The van der Waals surface area contributed by atoms with E-state index in [4.69, 9.17) is 9.16 Å². The van der Waals surface area contributed by atoms with E-state index in [1.54, 1.807) is 17.1 Å². The van der Waals surface area contributed by atoms with Gasteiger partial charge < -0.3 is 9.16 Å². The molecule has 1 aromatic heterocycles. The summed E-state index contributed by atoms with van der Waals surface area (Å²) in [4.78, 5) is 14.9. The molecule has 1 atom stereocenters. The number of allylic oxidation sites excluding steroid dienone is 1. The van der Waals surface area contributed by atoms with E-state index >= 15 is 0 Å². The van der Waals surface area contributed by atoms with Crippen LogP contribution in [0.4, 0.5) is 0 Å². The van der Waals surface area contributed by atoms with Gasteiger partial charge in [-0.2, -0.15) is 5.10 Å². The molecule has 0 saturated carbocycles. The maximum atomic E-state index is 12.3. The van der Waals surface area contributed by atoms with Crippen molar-refractivity contribution in [3.8, 4) is 0 Å². The highest BCUT2D eigenvalue weighted by Gasteiger charge is 2.46. The summed E-state index contributed by atoms with van der Waals surface area (Å²) >= 11 is 0. The third-order valence-corrected chi connectivity index (χ3v) is 13.9. The van der Waals surface area contributed by atoms with Crippen LogP contribution in [0.15, 0.2) is 115 Å². The number of aromatic nitrogens is 2. The lowest BCUT2D eigenvalue weighted by Gasteiger charge is -2.50. The first-order chi connectivity index (χ1) is 21.6. The van der Waals surface area contributed by atoms with E-state index in [2.05, 4.69) is 141 Å². The van der Waals surface area contributed by atoms with E-state index < -0.39 is 13.9 Å². The molecule has 7 heteroatoms. The van der Waals surface area contributed by atoms with Crippen molar-refractivity contribution in [3.63, 3.8) is 0 Å². The van der Waals surface area contributed by atoms with Crippen molar-refractivity contribution < 1.29 is 14.0 Å². The van der Waals surface area contributed by atoms with Crippen molar-refractivity contribution in [1.82, 2.24) is 14.7 Å². The first kappa shape index (κ1) is 32.6. The molecule has 0 amide bonds. The Balaban J connectivity index is 1.59. The Labute approximate surface area is 269 Å². The molecule has 1 fully saturated rings. The van der Waals surface area contributed by atoms with Gasteiger partial charge in [0.25, 0.3) is 0 Å². The molecular formula is C38H47N3O3Si. The standard InChI is InChI=1S/C38H47N3O3Si/c1-7-43-36(42)31-27-39-41(29-31)26-23-30-28-40(25-24-35(30)44-45(5,6)37(2,3)4)38(32-17-11-8-12-18-32,33-19-13-9-14-20-33)34-21-15-10-16-22-34/h8-23,27,29,35H,7,24-26,28H2,1-6H3. The van der Waals surface area contributed by atoms with Crippen LogP contribution < -0.4 is 0 Å². The highest BCUT2D eigenvalue weighted by molar-refractivity contribution is 6.74. The largest absolute Gasteiger partial charge is 0.462 e. The normalized spacial score (nSPS) is 17.4. The maximum Gasteiger partial charge on any atom is 0.341 e. The minimum Gasteiger partial charge on any atom is -0.462 e. The van der Waals surface area contributed by atoms with Gasteiger partial charge in [0.05, 0.1) is 36.6 Å². The summed E-state index contributed by atoms with van der Waals surface area (Å²) in [5.74, 6) is -0.349. The van der Waals surface area contributed by atoms with Gasteiger partial charge in [-0.05, 0) is 53.7 Å². The molecule has 6 nitrogen and oxygen atoms in total. The predicted octanol–water partition coefficient (Wildman–Crippen LogP) is 8.07. The summed E-state index contributed by atoms with van der Waals surface area (Å²) in [7, 11) is -2.07. The number of likely N-dealkylation sites (tertiary alicyclic amines) is 1. The van der Waals surface area contributed by atoms with Crippen molar-refractivity contribution in [3.05, 3.63) is 137 Å². The first-order valence-corrected chi connectivity index (χ1v) is 18.9. The third-order valence-electron chi connectivity index (χ3n) is 9.43. The van der Waals surface area contributed by atoms with Crippen LogP contribution in [-0.2, 0) is 21.2 Å². The molecule has 1 unspecified atom stereocenters. The molecule has 3 aromatic carbocycles. The van der Waals surface area contributed by atoms with Crippen LogP contribution in [0.25, 0.3) is 0 Å². The molecule has 1 aliphatic rings. The average Bonchev–Trinajstić information content (AvgIpc) is 3.52. The molecule has 1 aliphatic heterocycles. The van der Waals surface area contributed by atoms with Crippen LogP contribution in [0.2, 0.25) is 18.1 Å². The Morgan fingerprint density at radius 3 is 1.93 bits per heavy atom. The van der Waals surface area contributed by atoms with Gasteiger partial charge in [0.1, 0.15) is 0 Å². The monoisotopic (exact) mass is 621 g/mol. The zero-order chi connectivity index (χ0) is 32.1. The predicted molar refractivity (Wildman–Crippen MR) is 184 cm³/mol. The molecule has 236 valence electrons. The van der Waals surface area contributed by atoms with Gasteiger partial charge in [0.2, 0.25) is 0 Å². The summed E-state index contributed by atoms with van der Waals surface area (Å²) in [6.07, 6.45) is 6.49. The zero-order valence-corrected chi connectivity index (χ0v) is 28.6. The number of ether oxygens (including phenoxy) is 1. The first-order valence-electron chi connectivity index (χ1n) is 16.0. The number of carbonyl (C=O) groups is 1. The third kappa shape index (κ3) is 6.91. The molecule has 2 heterocycles. The summed E-state index contributed by atoms with van der Waals surface area (Å²) in [5, 5.41) is 4.57. The minimum atomic E-state index is -2.07. The minimum absolute atomic E-state index is 0.00208. The van der Waals surface area contributed by atoms with Gasteiger partial charge in [-0.3, -0.25) is 9.58 Å². The van der Waals surface area contributed by atoms with Crippen LogP contribution in [-0.4, -0.2) is 54.8 Å². The van der Waals surface area contributed by atoms with Gasteiger partial charge in [0, 0.05) is 19.3 Å². The van der Waals surface area contributed by atoms with E-state index in [1.807, 2.05) is 6.92 Å². The van der Waals surface area contributed by atoms with Gasteiger partial charge in [-0.25, -0.2) is 4.79 Å². The highest BCUT2D eigenvalue weighted by atomic mass is 28.4. The molecule has 0 aliphatic carbocycles. The van der Waals surface area contributed by atoms with Gasteiger partial charge in [-0.1, -0.05) is 118 Å². The molecule has 0 radical (unpaired) electrons. The van der Waals surface area contributed by atoms with Gasteiger partial charge >= 0.3 is 5.97 Å². The van der Waals surface area contributed by atoms with E-state index in [-0.39, 0.29) is 17.1 Å². The van der Waals surface area contributed by atoms with Crippen molar-refractivity contribution >= 4 is 14.3 Å². The molecule has 0 N–H and O–H groups in total. The number of hydrogen-bond donors (Lipinski definition) is 0. The second kappa shape index (κ2) is 13.7. The molecule has 4 aromatic rings. The molecule has 5 rings (SSSR count). The Bertz CT molecular complexity index is 1480. The fraction of sp³-hybridized carbons (Fsp3) is 0.368. The van der Waals surface area contributed by atoms with Gasteiger partial charge in [0.15, 0.2) is 8.32 Å². The summed E-state index contributed by atoms with van der Waals surface area (Å²) in [6, 6.07) is 32.6. The molecule has 45 heavy (non-hydrogen) atoms. The lowest BCUT2D eigenvalue weighted by molar-refractivity contribution is 0.0526. The quantitative estimate of drug-likeness (QED) is 0.0776. The Kier molecular flexibility index (Phi) is 9.92. The number of benzene rings is 3. The lowest BCUT2D eigenvalue weighted by Crippen LogP contribution is -2.55. The van der Waals surface area contributed by atoms with Crippen molar-refractivity contribution in [2.24, 2.45) is 0 Å². The van der Waals surface area contributed by atoms with Crippen LogP contribution in [0.5, 0.6) is 0 Å². The molecular weight excluding hydrogens is 575 g/mol. The molecule has 0 spiro atoms. The molecule has 0 bridgehead atoms. The van der Waals surface area contributed by atoms with Crippen LogP contribution in [0.1, 0.15) is 61.2 Å². The second-order valence-corrected chi connectivity index (χ2v) is 18.1. The maximum absolute atomic E-state index is 12.3. The Morgan fingerprint density at radius 1 is 0.911 bits per heavy atom. The van der Waals surface area contributed by atoms with Crippen LogP contribution in [0.3, 0.4) is 0 Å². The van der Waals surface area contributed by atoms with Crippen molar-refractivity contribution in [1.29, 1.82) is 0 Å². The Hall–Kier alpha value is -3.78. The summed E-state index contributed by atoms with van der Waals surface area (Å²) in [6.45, 7) is 15.8. The number of carbonyl (C=O) groups excluding carboxylic acids is 1. The lowest BCUT2D eigenvalue weighted by atomic mass is 9.74. The molecule has 1 saturated heterocycles. The number of esters is 1. The van der Waals surface area contributed by atoms with Crippen molar-refractivity contribution in [2.75, 3.05) is 19.7 Å².